The minimum absolute atomic E-state index is 0. The number of rotatable bonds is 5. The highest BCUT2D eigenvalue weighted by atomic mass is 35.5. The molecule has 1 unspecified atom stereocenters. The molecule has 0 bridgehead atoms. The van der Waals surface area contributed by atoms with Crippen LogP contribution in [0.25, 0.3) is 10.6 Å². The Hall–Kier alpha value is -1.64. The van der Waals surface area contributed by atoms with Crippen LogP contribution in [0.4, 0.5) is 13.2 Å². The van der Waals surface area contributed by atoms with Gasteiger partial charge < -0.3 is 11.1 Å². The lowest BCUT2D eigenvalue weighted by molar-refractivity contribution is -0.137. The molecule has 0 saturated heterocycles. The Labute approximate surface area is 147 Å². The highest BCUT2D eigenvalue weighted by Crippen LogP contribution is 2.31. The first kappa shape index (κ1) is 20.4. The molecule has 0 aliphatic carbocycles. The van der Waals surface area contributed by atoms with Gasteiger partial charge in [-0.05, 0) is 19.1 Å². The molecular weight excluding hydrogens is 363 g/mol. The van der Waals surface area contributed by atoms with Gasteiger partial charge in [-0.2, -0.15) is 13.2 Å². The van der Waals surface area contributed by atoms with Gasteiger partial charge >= 0.3 is 6.18 Å². The summed E-state index contributed by atoms with van der Waals surface area (Å²) < 4.78 is 37.6. The predicted molar refractivity (Wildman–Crippen MR) is 89.9 cm³/mol. The number of benzene rings is 1. The Morgan fingerprint density at radius 3 is 2.50 bits per heavy atom. The molecule has 0 spiro atoms. The van der Waals surface area contributed by atoms with Crippen LogP contribution in [0, 0.1) is 0 Å². The second-order valence-electron chi connectivity index (χ2n) is 5.18. The fourth-order valence-electron chi connectivity index (χ4n) is 1.88. The molecule has 1 atom stereocenters. The summed E-state index contributed by atoms with van der Waals surface area (Å²) in [6.45, 7) is 2.01. The molecule has 4 nitrogen and oxygen atoms in total. The number of thiazole rings is 1. The van der Waals surface area contributed by atoms with Crippen molar-refractivity contribution in [3.63, 3.8) is 0 Å². The number of halogens is 4. The van der Waals surface area contributed by atoms with Crippen molar-refractivity contribution >= 4 is 29.7 Å². The number of hydrogen-bond acceptors (Lipinski definition) is 4. The summed E-state index contributed by atoms with van der Waals surface area (Å²) in [5.41, 5.74) is 6.10. The number of nitrogens with zero attached hydrogens (tertiary/aromatic N) is 1. The Morgan fingerprint density at radius 2 is 1.96 bits per heavy atom. The van der Waals surface area contributed by atoms with Crippen molar-refractivity contribution < 1.29 is 18.0 Å². The van der Waals surface area contributed by atoms with E-state index in [2.05, 4.69) is 10.3 Å². The Morgan fingerprint density at radius 1 is 1.33 bits per heavy atom. The van der Waals surface area contributed by atoms with Crippen molar-refractivity contribution in [2.45, 2.75) is 32.1 Å². The number of nitrogens with two attached hydrogens (primary N) is 1. The van der Waals surface area contributed by atoms with E-state index in [1.807, 2.05) is 0 Å². The summed E-state index contributed by atoms with van der Waals surface area (Å²) in [5.74, 6) is -0.163. The summed E-state index contributed by atoms with van der Waals surface area (Å²) in [5, 5.41) is 5.07. The van der Waals surface area contributed by atoms with Crippen LogP contribution in [0.5, 0.6) is 0 Å². The number of hydrogen-bond donors (Lipinski definition) is 2. The van der Waals surface area contributed by atoms with Crippen LogP contribution in [0.2, 0.25) is 0 Å². The summed E-state index contributed by atoms with van der Waals surface area (Å²) in [4.78, 5) is 15.8. The largest absolute Gasteiger partial charge is 0.416 e. The van der Waals surface area contributed by atoms with Crippen molar-refractivity contribution in [3.8, 4) is 10.6 Å². The van der Waals surface area contributed by atoms with E-state index in [9.17, 15) is 18.0 Å². The van der Waals surface area contributed by atoms with Gasteiger partial charge in [-0.3, -0.25) is 4.79 Å². The van der Waals surface area contributed by atoms with E-state index in [4.69, 9.17) is 5.73 Å². The molecule has 1 amide bonds. The van der Waals surface area contributed by atoms with E-state index in [1.165, 1.54) is 23.5 Å². The minimum Gasteiger partial charge on any atom is -0.350 e. The third-order valence-electron chi connectivity index (χ3n) is 2.98. The fraction of sp³-hybridized carbons (Fsp3) is 0.333. The fourth-order valence-corrected chi connectivity index (χ4v) is 2.70. The van der Waals surface area contributed by atoms with E-state index in [1.54, 1.807) is 12.3 Å². The molecular formula is C15H17ClF3N3OS. The van der Waals surface area contributed by atoms with E-state index in [0.29, 0.717) is 16.3 Å². The van der Waals surface area contributed by atoms with E-state index < -0.39 is 11.7 Å². The molecule has 9 heteroatoms. The zero-order chi connectivity index (χ0) is 17.0. The molecule has 1 aromatic carbocycles. The number of alkyl halides is 3. The number of carbonyl (C=O) groups is 1. The van der Waals surface area contributed by atoms with Crippen LogP contribution in [-0.2, 0) is 17.5 Å². The molecule has 2 rings (SSSR count). The molecule has 24 heavy (non-hydrogen) atoms. The highest BCUT2D eigenvalue weighted by Gasteiger charge is 2.30. The van der Waals surface area contributed by atoms with Crippen molar-refractivity contribution in [1.29, 1.82) is 0 Å². The Balaban J connectivity index is 0.00000288. The topological polar surface area (TPSA) is 68.0 Å². The summed E-state index contributed by atoms with van der Waals surface area (Å²) in [6.07, 6.45) is -4.12. The maximum atomic E-state index is 12.5. The van der Waals surface area contributed by atoms with Crippen LogP contribution in [0.3, 0.4) is 0 Å². The average molecular weight is 380 g/mol. The predicted octanol–water partition coefficient (Wildman–Crippen LogP) is 3.60. The number of aromatic nitrogens is 1. The summed E-state index contributed by atoms with van der Waals surface area (Å²) >= 11 is 1.31. The normalized spacial score (nSPS) is 12.4. The van der Waals surface area contributed by atoms with Gasteiger partial charge in [0, 0.05) is 23.4 Å². The zero-order valence-electron chi connectivity index (χ0n) is 12.8. The van der Waals surface area contributed by atoms with Gasteiger partial charge in [0.15, 0.2) is 0 Å². The standard InChI is InChI=1S/C15H16F3N3OS.ClH/c1-9(19)6-13(22)20-7-12-8-23-14(21-12)10-2-4-11(5-3-10)15(16,17)18;/h2-5,8-9H,6-7,19H2,1H3,(H,20,22);1H. The van der Waals surface area contributed by atoms with Gasteiger partial charge in [-0.15, -0.1) is 23.7 Å². The summed E-state index contributed by atoms with van der Waals surface area (Å²) in [7, 11) is 0. The van der Waals surface area contributed by atoms with Gasteiger partial charge in [0.05, 0.1) is 17.8 Å². The van der Waals surface area contributed by atoms with E-state index in [0.717, 1.165) is 12.1 Å². The number of amides is 1. The smallest absolute Gasteiger partial charge is 0.350 e. The van der Waals surface area contributed by atoms with Crippen LogP contribution in [0.1, 0.15) is 24.6 Å². The van der Waals surface area contributed by atoms with Crippen molar-refractivity contribution in [2.24, 2.45) is 5.73 Å². The summed E-state index contributed by atoms with van der Waals surface area (Å²) in [6, 6.07) is 4.62. The highest BCUT2D eigenvalue weighted by molar-refractivity contribution is 7.13. The lowest BCUT2D eigenvalue weighted by Crippen LogP contribution is -2.29. The maximum Gasteiger partial charge on any atom is 0.416 e. The van der Waals surface area contributed by atoms with Gasteiger partial charge in [-0.25, -0.2) is 4.98 Å². The van der Waals surface area contributed by atoms with Crippen LogP contribution >= 0.6 is 23.7 Å². The third-order valence-corrected chi connectivity index (χ3v) is 3.93. The minimum atomic E-state index is -4.35. The molecule has 1 aromatic heterocycles. The van der Waals surface area contributed by atoms with E-state index >= 15 is 0 Å². The SMILES string of the molecule is CC(N)CC(=O)NCc1csc(-c2ccc(C(F)(F)F)cc2)n1.Cl. The number of nitrogens with one attached hydrogen (secondary N) is 1. The monoisotopic (exact) mass is 379 g/mol. The average Bonchev–Trinajstić information content (AvgIpc) is 2.92. The zero-order valence-corrected chi connectivity index (χ0v) is 14.4. The number of carbonyl (C=O) groups excluding carboxylic acids is 1. The van der Waals surface area contributed by atoms with Crippen LogP contribution in [-0.4, -0.2) is 16.9 Å². The first-order chi connectivity index (χ1) is 10.8. The second-order valence-corrected chi connectivity index (χ2v) is 6.04. The Kier molecular flexibility index (Phi) is 7.19. The molecule has 3 N–H and O–H groups in total. The lowest BCUT2D eigenvalue weighted by Gasteiger charge is -2.06. The molecule has 1 heterocycles. The van der Waals surface area contributed by atoms with Crippen LogP contribution in [0.15, 0.2) is 29.6 Å². The first-order valence-electron chi connectivity index (χ1n) is 6.90. The molecule has 0 saturated carbocycles. The van der Waals surface area contributed by atoms with Gasteiger partial charge in [0.25, 0.3) is 0 Å². The lowest BCUT2D eigenvalue weighted by atomic mass is 10.1. The van der Waals surface area contributed by atoms with Crippen LogP contribution < -0.4 is 11.1 Å². The second kappa shape index (κ2) is 8.46. The van der Waals surface area contributed by atoms with E-state index in [-0.39, 0.29) is 37.3 Å². The third kappa shape index (κ3) is 5.77. The quantitative estimate of drug-likeness (QED) is 0.834. The van der Waals surface area contributed by atoms with Gasteiger partial charge in [0.1, 0.15) is 5.01 Å². The molecule has 0 aliphatic rings. The van der Waals surface area contributed by atoms with Gasteiger partial charge in [-0.1, -0.05) is 12.1 Å². The Bertz CT molecular complexity index is 671. The first-order valence-corrected chi connectivity index (χ1v) is 7.78. The van der Waals surface area contributed by atoms with Gasteiger partial charge in [0.2, 0.25) is 5.91 Å². The molecule has 2 aromatic rings. The molecule has 0 radical (unpaired) electrons. The molecule has 0 aliphatic heterocycles. The maximum absolute atomic E-state index is 12.5. The van der Waals surface area contributed by atoms with Crippen molar-refractivity contribution in [1.82, 2.24) is 10.3 Å². The van der Waals surface area contributed by atoms with Crippen molar-refractivity contribution in [2.75, 3.05) is 0 Å². The molecule has 132 valence electrons. The molecule has 0 fully saturated rings. The van der Waals surface area contributed by atoms with Crippen molar-refractivity contribution in [3.05, 3.63) is 40.9 Å².